The minimum Gasteiger partial charge on any atom is -0.493 e. The van der Waals surface area contributed by atoms with E-state index in [0.29, 0.717) is 34.4 Å². The van der Waals surface area contributed by atoms with Gasteiger partial charge in [-0.1, -0.05) is 60.1 Å². The molecule has 0 saturated heterocycles. The van der Waals surface area contributed by atoms with Crippen molar-refractivity contribution in [3.8, 4) is 17.6 Å². The molecule has 0 aliphatic rings. The van der Waals surface area contributed by atoms with Crippen LogP contribution in [0.4, 0.5) is 5.69 Å². The monoisotopic (exact) mass is 418 g/mol. The van der Waals surface area contributed by atoms with Crippen molar-refractivity contribution in [2.75, 3.05) is 12.4 Å². The molecule has 30 heavy (non-hydrogen) atoms. The Morgan fingerprint density at radius 1 is 1.10 bits per heavy atom. The zero-order valence-electron chi connectivity index (χ0n) is 16.3. The summed E-state index contributed by atoms with van der Waals surface area (Å²) in [6, 6.07) is 23.6. The van der Waals surface area contributed by atoms with Crippen molar-refractivity contribution in [2.24, 2.45) is 0 Å². The molecule has 0 aliphatic carbocycles. The maximum Gasteiger partial charge on any atom is 0.266 e. The highest BCUT2D eigenvalue weighted by Gasteiger charge is 2.14. The predicted molar refractivity (Wildman–Crippen MR) is 117 cm³/mol. The lowest BCUT2D eigenvalue weighted by Crippen LogP contribution is -2.13. The number of para-hydroxylation sites is 1. The molecule has 0 radical (unpaired) electrons. The summed E-state index contributed by atoms with van der Waals surface area (Å²) in [5.74, 6) is 0.413. The van der Waals surface area contributed by atoms with Gasteiger partial charge in [0, 0.05) is 16.3 Å². The highest BCUT2D eigenvalue weighted by atomic mass is 35.5. The Bertz CT molecular complexity index is 1100. The Balaban J connectivity index is 1.88. The fourth-order valence-corrected chi connectivity index (χ4v) is 2.95. The number of methoxy groups -OCH3 is 1. The molecule has 0 atom stereocenters. The summed E-state index contributed by atoms with van der Waals surface area (Å²) in [6.07, 6.45) is 1.47. The van der Waals surface area contributed by atoms with Crippen molar-refractivity contribution in [2.45, 2.75) is 6.61 Å². The van der Waals surface area contributed by atoms with Gasteiger partial charge in [-0.15, -0.1) is 0 Å². The molecule has 0 aromatic heterocycles. The van der Waals surface area contributed by atoms with Crippen molar-refractivity contribution in [1.29, 1.82) is 5.26 Å². The van der Waals surface area contributed by atoms with Crippen LogP contribution >= 0.6 is 11.6 Å². The minimum absolute atomic E-state index is 0.0761. The Morgan fingerprint density at radius 2 is 1.87 bits per heavy atom. The van der Waals surface area contributed by atoms with Crippen LogP contribution in [-0.2, 0) is 11.4 Å². The number of amides is 1. The molecular formula is C24H19ClN2O3. The summed E-state index contributed by atoms with van der Waals surface area (Å²) in [7, 11) is 1.54. The second-order valence-corrected chi connectivity index (χ2v) is 6.72. The molecule has 0 fully saturated rings. The number of benzene rings is 3. The first-order valence-corrected chi connectivity index (χ1v) is 9.51. The molecule has 0 heterocycles. The first-order chi connectivity index (χ1) is 14.6. The van der Waals surface area contributed by atoms with Gasteiger partial charge in [0.15, 0.2) is 11.5 Å². The maximum atomic E-state index is 12.6. The van der Waals surface area contributed by atoms with Gasteiger partial charge in [-0.25, -0.2) is 0 Å². The molecule has 150 valence electrons. The summed E-state index contributed by atoms with van der Waals surface area (Å²) in [5, 5.41) is 12.7. The second-order valence-electron chi connectivity index (χ2n) is 6.29. The lowest BCUT2D eigenvalue weighted by atomic mass is 10.1. The van der Waals surface area contributed by atoms with Gasteiger partial charge in [-0.2, -0.15) is 5.26 Å². The van der Waals surface area contributed by atoms with Crippen LogP contribution in [0.2, 0.25) is 5.02 Å². The van der Waals surface area contributed by atoms with Gasteiger partial charge in [0.05, 0.1) is 7.11 Å². The second kappa shape index (κ2) is 10.1. The molecule has 5 nitrogen and oxygen atoms in total. The summed E-state index contributed by atoms with van der Waals surface area (Å²) in [6.45, 7) is 0.318. The van der Waals surface area contributed by atoms with Gasteiger partial charge in [-0.3, -0.25) is 4.79 Å². The van der Waals surface area contributed by atoms with E-state index in [1.54, 1.807) is 42.5 Å². The van der Waals surface area contributed by atoms with Crippen molar-refractivity contribution in [3.63, 3.8) is 0 Å². The third-order valence-electron chi connectivity index (χ3n) is 4.20. The predicted octanol–water partition coefficient (Wildman–Crippen LogP) is 5.47. The molecule has 0 unspecified atom stereocenters. The molecule has 3 aromatic rings. The minimum atomic E-state index is -0.545. The van der Waals surface area contributed by atoms with Gasteiger partial charge in [0.25, 0.3) is 5.91 Å². The highest BCUT2D eigenvalue weighted by Crippen LogP contribution is 2.33. The molecule has 3 aromatic carbocycles. The summed E-state index contributed by atoms with van der Waals surface area (Å²) < 4.78 is 11.4. The third kappa shape index (κ3) is 5.40. The number of rotatable bonds is 7. The Morgan fingerprint density at radius 3 is 2.57 bits per heavy atom. The molecule has 1 N–H and O–H groups in total. The fraction of sp³-hybridized carbons (Fsp3) is 0.0833. The SMILES string of the molecule is COc1cccc(/C=C(\C#N)C(=O)Nc2cccc(Cl)c2)c1OCc1ccccc1. The molecule has 6 heteroatoms. The number of halogens is 1. The van der Waals surface area contributed by atoms with Crippen LogP contribution in [0.3, 0.4) is 0 Å². The number of carbonyl (C=O) groups excluding carboxylic acids is 1. The number of nitrogens with one attached hydrogen (secondary N) is 1. The van der Waals surface area contributed by atoms with Crippen molar-refractivity contribution >= 4 is 29.3 Å². The van der Waals surface area contributed by atoms with Gasteiger partial charge in [-0.05, 0) is 35.9 Å². The van der Waals surface area contributed by atoms with Crippen molar-refractivity contribution in [1.82, 2.24) is 0 Å². The lowest BCUT2D eigenvalue weighted by molar-refractivity contribution is -0.112. The molecule has 0 spiro atoms. The number of ether oxygens (including phenoxy) is 2. The first kappa shape index (κ1) is 21.0. The topological polar surface area (TPSA) is 71.3 Å². The number of nitriles is 1. The normalized spacial score (nSPS) is 10.8. The van der Waals surface area contributed by atoms with E-state index in [4.69, 9.17) is 21.1 Å². The standard InChI is InChI=1S/C24H19ClN2O3/c1-29-22-12-5-9-18(23(22)30-16-17-7-3-2-4-8-17)13-19(15-26)24(28)27-21-11-6-10-20(25)14-21/h2-14H,16H2,1H3,(H,27,28)/b19-13+. The Kier molecular flexibility index (Phi) is 7.09. The lowest BCUT2D eigenvalue weighted by Gasteiger charge is -2.14. The Hall–Kier alpha value is -3.75. The van der Waals surface area contributed by atoms with Crippen LogP contribution in [0, 0.1) is 11.3 Å². The van der Waals surface area contributed by atoms with Crippen LogP contribution in [0.25, 0.3) is 6.08 Å². The molecular weight excluding hydrogens is 400 g/mol. The van der Waals surface area contributed by atoms with E-state index in [-0.39, 0.29) is 5.57 Å². The van der Waals surface area contributed by atoms with E-state index in [0.717, 1.165) is 5.56 Å². The van der Waals surface area contributed by atoms with Gasteiger partial charge in [0.2, 0.25) is 0 Å². The quantitative estimate of drug-likeness (QED) is 0.407. The fourth-order valence-electron chi connectivity index (χ4n) is 2.76. The molecule has 1 amide bonds. The zero-order valence-corrected chi connectivity index (χ0v) is 17.0. The van der Waals surface area contributed by atoms with Crippen LogP contribution in [-0.4, -0.2) is 13.0 Å². The number of carbonyl (C=O) groups is 1. The number of hydrogen-bond donors (Lipinski definition) is 1. The van der Waals surface area contributed by atoms with E-state index >= 15 is 0 Å². The smallest absolute Gasteiger partial charge is 0.266 e. The summed E-state index contributed by atoms with van der Waals surface area (Å²) in [5.41, 5.74) is 1.97. The van der Waals surface area contributed by atoms with Crippen LogP contribution in [0.1, 0.15) is 11.1 Å². The summed E-state index contributed by atoms with van der Waals surface area (Å²) >= 11 is 5.95. The van der Waals surface area contributed by atoms with Crippen LogP contribution in [0.5, 0.6) is 11.5 Å². The van der Waals surface area contributed by atoms with Gasteiger partial charge in [0.1, 0.15) is 18.2 Å². The van der Waals surface area contributed by atoms with E-state index in [1.807, 2.05) is 36.4 Å². The van der Waals surface area contributed by atoms with Crippen molar-refractivity contribution < 1.29 is 14.3 Å². The number of hydrogen-bond acceptors (Lipinski definition) is 4. The molecule has 0 aliphatic heterocycles. The molecule has 0 saturated carbocycles. The zero-order chi connectivity index (χ0) is 21.3. The average molecular weight is 419 g/mol. The van der Waals surface area contributed by atoms with E-state index in [1.165, 1.54) is 13.2 Å². The van der Waals surface area contributed by atoms with E-state index < -0.39 is 5.91 Å². The number of nitrogens with zero attached hydrogens (tertiary/aromatic N) is 1. The Labute approximate surface area is 180 Å². The largest absolute Gasteiger partial charge is 0.493 e. The van der Waals surface area contributed by atoms with E-state index in [2.05, 4.69) is 5.32 Å². The van der Waals surface area contributed by atoms with Gasteiger partial charge < -0.3 is 14.8 Å². The first-order valence-electron chi connectivity index (χ1n) is 9.13. The van der Waals surface area contributed by atoms with Crippen LogP contribution < -0.4 is 14.8 Å². The van der Waals surface area contributed by atoms with E-state index in [9.17, 15) is 10.1 Å². The number of anilines is 1. The third-order valence-corrected chi connectivity index (χ3v) is 4.44. The highest BCUT2D eigenvalue weighted by molar-refractivity contribution is 6.31. The molecule has 0 bridgehead atoms. The van der Waals surface area contributed by atoms with Crippen LogP contribution in [0.15, 0.2) is 78.4 Å². The average Bonchev–Trinajstić information content (AvgIpc) is 2.76. The maximum absolute atomic E-state index is 12.6. The summed E-state index contributed by atoms with van der Waals surface area (Å²) in [4.78, 5) is 12.6. The van der Waals surface area contributed by atoms with Crippen molar-refractivity contribution in [3.05, 3.63) is 94.5 Å². The van der Waals surface area contributed by atoms with Gasteiger partial charge >= 0.3 is 0 Å². The molecule has 3 rings (SSSR count).